The molecule has 136 valence electrons. The summed E-state index contributed by atoms with van der Waals surface area (Å²) in [6.07, 6.45) is -0.917. The monoisotopic (exact) mass is 394 g/mol. The van der Waals surface area contributed by atoms with Crippen molar-refractivity contribution in [2.24, 2.45) is 0 Å². The standard InChI is InChI=1S/C19H16Cl2O5/c1-11(22)13-3-6-15(7-4-13)26-12(2)19(24)25-10-18(23)14-5-8-16(20)17(21)9-14/h3-9,12H,10H2,1-2H3. The van der Waals surface area contributed by atoms with Crippen LogP contribution in [0.15, 0.2) is 42.5 Å². The molecular formula is C19H16Cl2O5. The van der Waals surface area contributed by atoms with Crippen LogP contribution in [0.2, 0.25) is 10.0 Å². The van der Waals surface area contributed by atoms with E-state index in [1.807, 2.05) is 0 Å². The molecule has 2 rings (SSSR count). The van der Waals surface area contributed by atoms with Gasteiger partial charge in [0.25, 0.3) is 0 Å². The predicted octanol–water partition coefficient (Wildman–Crippen LogP) is 4.39. The number of hydrogen-bond donors (Lipinski definition) is 0. The first-order valence-electron chi connectivity index (χ1n) is 7.70. The Morgan fingerprint density at radius 3 is 2.15 bits per heavy atom. The third-order valence-corrected chi connectivity index (χ3v) is 4.23. The molecule has 0 saturated carbocycles. The summed E-state index contributed by atoms with van der Waals surface area (Å²) in [7, 11) is 0. The van der Waals surface area contributed by atoms with Crippen molar-refractivity contribution in [1.82, 2.24) is 0 Å². The Morgan fingerprint density at radius 2 is 1.58 bits per heavy atom. The van der Waals surface area contributed by atoms with Crippen molar-refractivity contribution in [2.45, 2.75) is 20.0 Å². The third-order valence-electron chi connectivity index (χ3n) is 3.49. The van der Waals surface area contributed by atoms with Crippen molar-refractivity contribution < 1.29 is 23.9 Å². The van der Waals surface area contributed by atoms with Gasteiger partial charge in [-0.15, -0.1) is 0 Å². The third kappa shape index (κ3) is 5.31. The van der Waals surface area contributed by atoms with Crippen LogP contribution in [0.5, 0.6) is 5.75 Å². The van der Waals surface area contributed by atoms with Gasteiger partial charge in [0, 0.05) is 11.1 Å². The van der Waals surface area contributed by atoms with Crippen LogP contribution in [0, 0.1) is 0 Å². The number of esters is 1. The SMILES string of the molecule is CC(=O)c1ccc(OC(C)C(=O)OCC(=O)c2ccc(Cl)c(Cl)c2)cc1. The van der Waals surface area contributed by atoms with Gasteiger partial charge in [-0.3, -0.25) is 9.59 Å². The Bertz CT molecular complexity index is 830. The molecule has 2 aromatic rings. The molecule has 0 aliphatic rings. The van der Waals surface area contributed by atoms with Gasteiger partial charge in [0.15, 0.2) is 24.3 Å². The van der Waals surface area contributed by atoms with Crippen molar-refractivity contribution in [3.63, 3.8) is 0 Å². The van der Waals surface area contributed by atoms with Gasteiger partial charge in [0.2, 0.25) is 0 Å². The number of rotatable bonds is 7. The van der Waals surface area contributed by atoms with Crippen molar-refractivity contribution in [3.8, 4) is 5.75 Å². The maximum absolute atomic E-state index is 12.0. The molecule has 0 fully saturated rings. The van der Waals surface area contributed by atoms with E-state index in [0.717, 1.165) is 0 Å². The van der Waals surface area contributed by atoms with E-state index in [0.29, 0.717) is 21.9 Å². The first-order valence-corrected chi connectivity index (χ1v) is 8.46. The molecule has 7 heteroatoms. The van der Waals surface area contributed by atoms with Gasteiger partial charge < -0.3 is 9.47 Å². The Balaban J connectivity index is 1.89. The van der Waals surface area contributed by atoms with Gasteiger partial charge in [-0.1, -0.05) is 23.2 Å². The number of benzene rings is 2. The Kier molecular flexibility index (Phi) is 6.77. The van der Waals surface area contributed by atoms with E-state index in [1.54, 1.807) is 24.3 Å². The van der Waals surface area contributed by atoms with E-state index in [2.05, 4.69) is 0 Å². The second kappa shape index (κ2) is 8.83. The average Bonchev–Trinajstić information content (AvgIpc) is 2.62. The molecule has 0 aromatic heterocycles. The fraction of sp³-hybridized carbons (Fsp3) is 0.211. The van der Waals surface area contributed by atoms with E-state index in [9.17, 15) is 14.4 Å². The second-order valence-corrected chi connectivity index (χ2v) is 6.31. The molecular weight excluding hydrogens is 379 g/mol. The molecule has 0 N–H and O–H groups in total. The van der Waals surface area contributed by atoms with E-state index in [4.69, 9.17) is 32.7 Å². The van der Waals surface area contributed by atoms with E-state index < -0.39 is 24.5 Å². The molecule has 0 bridgehead atoms. The first kappa shape index (κ1) is 19.9. The summed E-state index contributed by atoms with van der Waals surface area (Å²) >= 11 is 11.7. The van der Waals surface area contributed by atoms with Gasteiger partial charge in [-0.25, -0.2) is 4.79 Å². The molecule has 5 nitrogen and oxygen atoms in total. The zero-order valence-corrected chi connectivity index (χ0v) is 15.6. The Hall–Kier alpha value is -2.37. The predicted molar refractivity (Wildman–Crippen MR) is 98.3 cm³/mol. The smallest absolute Gasteiger partial charge is 0.347 e. The summed E-state index contributed by atoms with van der Waals surface area (Å²) in [5.74, 6) is -0.746. The van der Waals surface area contributed by atoms with Crippen molar-refractivity contribution in [2.75, 3.05) is 6.61 Å². The highest BCUT2D eigenvalue weighted by Gasteiger charge is 2.19. The lowest BCUT2D eigenvalue weighted by Gasteiger charge is -2.14. The number of carbonyl (C=O) groups excluding carboxylic acids is 3. The topological polar surface area (TPSA) is 69.7 Å². The molecule has 0 saturated heterocycles. The normalized spacial score (nSPS) is 11.5. The van der Waals surface area contributed by atoms with Gasteiger partial charge in [-0.05, 0) is 56.3 Å². The largest absolute Gasteiger partial charge is 0.479 e. The summed E-state index contributed by atoms with van der Waals surface area (Å²) in [5, 5.41) is 0.576. The minimum absolute atomic E-state index is 0.0650. The number of ketones is 2. The zero-order chi connectivity index (χ0) is 19.3. The maximum atomic E-state index is 12.0. The minimum atomic E-state index is -0.917. The molecule has 1 unspecified atom stereocenters. The van der Waals surface area contributed by atoms with Crippen LogP contribution in [0.3, 0.4) is 0 Å². The summed E-state index contributed by atoms with van der Waals surface area (Å²) in [4.78, 5) is 35.3. The van der Waals surface area contributed by atoms with Crippen molar-refractivity contribution in [1.29, 1.82) is 0 Å². The van der Waals surface area contributed by atoms with Gasteiger partial charge in [0.1, 0.15) is 5.75 Å². The quantitative estimate of drug-likeness (QED) is 0.514. The Morgan fingerprint density at radius 1 is 0.962 bits per heavy atom. The van der Waals surface area contributed by atoms with E-state index >= 15 is 0 Å². The van der Waals surface area contributed by atoms with Gasteiger partial charge in [0.05, 0.1) is 10.0 Å². The molecule has 0 radical (unpaired) electrons. The maximum Gasteiger partial charge on any atom is 0.347 e. The van der Waals surface area contributed by atoms with Crippen LogP contribution in [0.25, 0.3) is 0 Å². The van der Waals surface area contributed by atoms with Crippen LogP contribution in [-0.4, -0.2) is 30.2 Å². The lowest BCUT2D eigenvalue weighted by Crippen LogP contribution is -2.28. The van der Waals surface area contributed by atoms with Crippen molar-refractivity contribution in [3.05, 3.63) is 63.6 Å². The zero-order valence-electron chi connectivity index (χ0n) is 14.1. The molecule has 0 aliphatic carbocycles. The molecule has 0 heterocycles. The highest BCUT2D eigenvalue weighted by atomic mass is 35.5. The number of carbonyl (C=O) groups is 3. The fourth-order valence-electron chi connectivity index (χ4n) is 2.03. The highest BCUT2D eigenvalue weighted by Crippen LogP contribution is 2.23. The van der Waals surface area contributed by atoms with Gasteiger partial charge in [-0.2, -0.15) is 0 Å². The number of Topliss-reactive ketones (excluding diaryl/α,β-unsaturated/α-hetero) is 2. The van der Waals surface area contributed by atoms with Crippen LogP contribution in [-0.2, 0) is 9.53 Å². The second-order valence-electron chi connectivity index (χ2n) is 5.50. The van der Waals surface area contributed by atoms with Crippen molar-refractivity contribution >= 4 is 40.7 Å². The first-order chi connectivity index (χ1) is 12.3. The lowest BCUT2D eigenvalue weighted by atomic mass is 10.1. The van der Waals surface area contributed by atoms with Crippen LogP contribution in [0.1, 0.15) is 34.6 Å². The van der Waals surface area contributed by atoms with Crippen LogP contribution >= 0.6 is 23.2 Å². The van der Waals surface area contributed by atoms with E-state index in [1.165, 1.54) is 32.0 Å². The van der Waals surface area contributed by atoms with Crippen LogP contribution < -0.4 is 4.74 Å². The lowest BCUT2D eigenvalue weighted by molar-refractivity contribution is -0.149. The number of hydrogen-bond acceptors (Lipinski definition) is 5. The summed E-state index contributed by atoms with van der Waals surface area (Å²) < 4.78 is 10.4. The molecule has 2 aromatic carbocycles. The minimum Gasteiger partial charge on any atom is -0.479 e. The summed E-state index contributed by atoms with van der Waals surface area (Å²) in [5.41, 5.74) is 0.834. The fourth-order valence-corrected chi connectivity index (χ4v) is 2.33. The summed E-state index contributed by atoms with van der Waals surface area (Å²) in [6, 6.07) is 10.8. The van der Waals surface area contributed by atoms with Crippen LogP contribution in [0.4, 0.5) is 0 Å². The Labute approximate surface area is 160 Å². The van der Waals surface area contributed by atoms with E-state index in [-0.39, 0.29) is 10.8 Å². The molecule has 26 heavy (non-hydrogen) atoms. The number of ether oxygens (including phenoxy) is 2. The molecule has 0 amide bonds. The highest BCUT2D eigenvalue weighted by molar-refractivity contribution is 6.42. The summed E-state index contributed by atoms with van der Waals surface area (Å²) in [6.45, 7) is 2.53. The molecule has 0 aliphatic heterocycles. The average molecular weight is 395 g/mol. The molecule has 0 spiro atoms. The number of halogens is 2. The van der Waals surface area contributed by atoms with Gasteiger partial charge >= 0.3 is 5.97 Å². The molecule has 1 atom stereocenters.